The molecule has 0 heterocycles. The lowest BCUT2D eigenvalue weighted by molar-refractivity contribution is 0.108. The van der Waals surface area contributed by atoms with E-state index >= 15 is 0 Å². The van der Waals surface area contributed by atoms with Gasteiger partial charge in [-0.2, -0.15) is 0 Å². The molecule has 0 saturated carbocycles. The van der Waals surface area contributed by atoms with Crippen LogP contribution in [0.2, 0.25) is 0 Å². The van der Waals surface area contributed by atoms with E-state index in [0.29, 0.717) is 5.56 Å². The number of benzene rings is 1. The van der Waals surface area contributed by atoms with Gasteiger partial charge in [-0.25, -0.2) is 0 Å². The molecule has 0 aliphatic rings. The van der Waals surface area contributed by atoms with Crippen LogP contribution in [-0.4, -0.2) is 5.24 Å². The molecule has 1 rings (SSSR count). The van der Waals surface area contributed by atoms with Gasteiger partial charge in [0.25, 0.3) is 5.24 Å². The Kier molecular flexibility index (Phi) is 2.91. The fraction of sp³-hybridized carbons (Fsp3) is 0.222. The van der Waals surface area contributed by atoms with E-state index in [0.717, 1.165) is 15.6 Å². The number of halogens is 2. The van der Waals surface area contributed by atoms with Gasteiger partial charge in [-0.05, 0) is 48.7 Å². The van der Waals surface area contributed by atoms with Crippen LogP contribution in [-0.2, 0) is 0 Å². The summed E-state index contributed by atoms with van der Waals surface area (Å²) in [5, 5.41) is -0.409. The van der Waals surface area contributed by atoms with Crippen LogP contribution in [0, 0.1) is 13.8 Å². The van der Waals surface area contributed by atoms with Crippen LogP contribution < -0.4 is 0 Å². The molecule has 0 atom stereocenters. The van der Waals surface area contributed by atoms with Crippen molar-refractivity contribution >= 4 is 32.8 Å². The van der Waals surface area contributed by atoms with Crippen molar-refractivity contribution in [1.82, 2.24) is 0 Å². The molecule has 0 aliphatic heterocycles. The third-order valence-corrected chi connectivity index (χ3v) is 3.13. The number of hydrogen-bond acceptors (Lipinski definition) is 1. The Labute approximate surface area is 84.9 Å². The molecule has 0 radical (unpaired) electrons. The SMILES string of the molecule is Cc1cc(C(=O)Cl)cc(C)c1Br. The minimum atomic E-state index is -0.409. The molecule has 0 spiro atoms. The monoisotopic (exact) mass is 246 g/mol. The highest BCUT2D eigenvalue weighted by molar-refractivity contribution is 9.10. The Morgan fingerprint density at radius 3 is 2.08 bits per heavy atom. The summed E-state index contributed by atoms with van der Waals surface area (Å²) in [4.78, 5) is 10.8. The predicted molar refractivity (Wildman–Crippen MR) is 53.8 cm³/mol. The average Bonchev–Trinajstić information content (AvgIpc) is 1.99. The maximum absolute atomic E-state index is 10.8. The summed E-state index contributed by atoms with van der Waals surface area (Å²) in [6.45, 7) is 3.86. The smallest absolute Gasteiger partial charge is 0.252 e. The fourth-order valence-electron chi connectivity index (χ4n) is 1.06. The molecule has 0 bridgehead atoms. The van der Waals surface area contributed by atoms with Crippen molar-refractivity contribution in [2.24, 2.45) is 0 Å². The molecule has 3 heteroatoms. The van der Waals surface area contributed by atoms with Crippen LogP contribution in [0.5, 0.6) is 0 Å². The van der Waals surface area contributed by atoms with Crippen LogP contribution in [0.25, 0.3) is 0 Å². The zero-order valence-corrected chi connectivity index (χ0v) is 9.16. The first kappa shape index (κ1) is 9.75. The van der Waals surface area contributed by atoms with Gasteiger partial charge in [-0.3, -0.25) is 4.79 Å². The molecular weight excluding hydrogens is 239 g/mol. The minimum Gasteiger partial charge on any atom is -0.276 e. The summed E-state index contributed by atoms with van der Waals surface area (Å²) in [7, 11) is 0. The molecule has 0 aromatic heterocycles. The fourth-order valence-corrected chi connectivity index (χ4v) is 1.40. The zero-order chi connectivity index (χ0) is 9.30. The van der Waals surface area contributed by atoms with Gasteiger partial charge in [-0.15, -0.1) is 0 Å². The third-order valence-electron chi connectivity index (χ3n) is 1.66. The molecule has 64 valence electrons. The van der Waals surface area contributed by atoms with Gasteiger partial charge in [0.05, 0.1) is 0 Å². The minimum absolute atomic E-state index is 0.409. The quantitative estimate of drug-likeness (QED) is 0.695. The van der Waals surface area contributed by atoms with Crippen molar-refractivity contribution in [2.45, 2.75) is 13.8 Å². The zero-order valence-electron chi connectivity index (χ0n) is 6.82. The molecule has 1 aromatic carbocycles. The molecule has 12 heavy (non-hydrogen) atoms. The van der Waals surface area contributed by atoms with Crippen LogP contribution in [0.3, 0.4) is 0 Å². The summed E-state index contributed by atoms with van der Waals surface area (Å²) in [5.74, 6) is 0. The van der Waals surface area contributed by atoms with E-state index in [1.807, 2.05) is 13.8 Å². The lowest BCUT2D eigenvalue weighted by Crippen LogP contribution is -1.92. The Balaban J connectivity index is 3.31. The van der Waals surface area contributed by atoms with Gasteiger partial charge in [0.2, 0.25) is 0 Å². The maximum atomic E-state index is 10.8. The first-order chi connectivity index (χ1) is 5.52. The maximum Gasteiger partial charge on any atom is 0.252 e. The Morgan fingerprint density at radius 1 is 1.33 bits per heavy atom. The Bertz CT molecular complexity index is 310. The molecule has 1 nitrogen and oxygen atoms in total. The number of rotatable bonds is 1. The van der Waals surface area contributed by atoms with Gasteiger partial charge in [0.1, 0.15) is 0 Å². The molecular formula is C9H8BrClO. The summed E-state index contributed by atoms with van der Waals surface area (Å²) in [6, 6.07) is 3.54. The van der Waals surface area contributed by atoms with Gasteiger partial charge < -0.3 is 0 Å². The van der Waals surface area contributed by atoms with E-state index < -0.39 is 5.24 Å². The van der Waals surface area contributed by atoms with E-state index in [-0.39, 0.29) is 0 Å². The summed E-state index contributed by atoms with van der Waals surface area (Å²) in [6.07, 6.45) is 0. The Hall–Kier alpha value is -0.340. The first-order valence-corrected chi connectivity index (χ1v) is 4.66. The molecule has 0 unspecified atom stereocenters. The topological polar surface area (TPSA) is 17.1 Å². The van der Waals surface area contributed by atoms with Gasteiger partial charge in [0.15, 0.2) is 0 Å². The highest BCUT2D eigenvalue weighted by atomic mass is 79.9. The molecule has 0 amide bonds. The number of carbonyl (C=O) groups is 1. The number of carbonyl (C=O) groups excluding carboxylic acids is 1. The van der Waals surface area contributed by atoms with Crippen molar-refractivity contribution in [3.63, 3.8) is 0 Å². The molecule has 0 saturated heterocycles. The molecule has 0 N–H and O–H groups in total. The van der Waals surface area contributed by atoms with E-state index in [1.54, 1.807) is 12.1 Å². The lowest BCUT2D eigenvalue weighted by atomic mass is 10.1. The van der Waals surface area contributed by atoms with E-state index in [2.05, 4.69) is 15.9 Å². The summed E-state index contributed by atoms with van der Waals surface area (Å²) >= 11 is 8.75. The highest BCUT2D eigenvalue weighted by Gasteiger charge is 2.06. The number of aryl methyl sites for hydroxylation is 2. The normalized spacial score (nSPS) is 10.0. The largest absolute Gasteiger partial charge is 0.276 e. The Morgan fingerprint density at radius 2 is 1.75 bits per heavy atom. The lowest BCUT2D eigenvalue weighted by Gasteiger charge is -2.03. The van der Waals surface area contributed by atoms with E-state index in [1.165, 1.54) is 0 Å². The van der Waals surface area contributed by atoms with E-state index in [4.69, 9.17) is 11.6 Å². The third kappa shape index (κ3) is 1.87. The van der Waals surface area contributed by atoms with Crippen molar-refractivity contribution < 1.29 is 4.79 Å². The summed E-state index contributed by atoms with van der Waals surface area (Å²) in [5.41, 5.74) is 2.60. The van der Waals surface area contributed by atoms with Gasteiger partial charge >= 0.3 is 0 Å². The second kappa shape index (κ2) is 3.58. The number of hydrogen-bond donors (Lipinski definition) is 0. The molecule has 0 aliphatic carbocycles. The van der Waals surface area contributed by atoms with Crippen LogP contribution in [0.4, 0.5) is 0 Å². The van der Waals surface area contributed by atoms with Crippen LogP contribution in [0.1, 0.15) is 21.5 Å². The van der Waals surface area contributed by atoms with Crippen molar-refractivity contribution in [1.29, 1.82) is 0 Å². The standard InChI is InChI=1S/C9H8BrClO/c1-5-3-7(9(11)12)4-6(2)8(5)10/h3-4H,1-2H3. The van der Waals surface area contributed by atoms with Crippen LogP contribution >= 0.6 is 27.5 Å². The average molecular weight is 248 g/mol. The second-order valence-electron chi connectivity index (χ2n) is 2.70. The molecule has 1 aromatic rings. The summed E-state index contributed by atoms with van der Waals surface area (Å²) < 4.78 is 1.03. The van der Waals surface area contributed by atoms with Crippen molar-refractivity contribution in [2.75, 3.05) is 0 Å². The predicted octanol–water partition coefficient (Wildman–Crippen LogP) is 3.44. The van der Waals surface area contributed by atoms with Crippen molar-refractivity contribution in [3.05, 3.63) is 33.3 Å². The highest BCUT2D eigenvalue weighted by Crippen LogP contribution is 2.23. The van der Waals surface area contributed by atoms with Crippen LogP contribution in [0.15, 0.2) is 16.6 Å². The van der Waals surface area contributed by atoms with E-state index in [9.17, 15) is 4.79 Å². The van der Waals surface area contributed by atoms with Gasteiger partial charge in [0, 0.05) is 10.0 Å². The van der Waals surface area contributed by atoms with Crippen molar-refractivity contribution in [3.8, 4) is 0 Å². The molecule has 0 fully saturated rings. The first-order valence-electron chi connectivity index (χ1n) is 3.49. The second-order valence-corrected chi connectivity index (χ2v) is 3.83. The van der Waals surface area contributed by atoms with Gasteiger partial charge in [-0.1, -0.05) is 15.9 Å².